The minimum absolute atomic E-state index is 0.328. The number of aliphatic hydroxyl groups excluding tert-OH is 1. The Kier molecular flexibility index (Phi) is 8.42. The van der Waals surface area contributed by atoms with Crippen LogP contribution in [0.15, 0.2) is 40.0 Å². The molecule has 0 spiro atoms. The first-order chi connectivity index (χ1) is 13.1. The van der Waals surface area contributed by atoms with E-state index in [9.17, 15) is 5.11 Å². The fraction of sp³-hybridized carbons (Fsp3) is 0.450. The number of benzene rings is 1. The summed E-state index contributed by atoms with van der Waals surface area (Å²) < 4.78 is 10.5. The van der Waals surface area contributed by atoms with Crippen LogP contribution in [0.25, 0.3) is 0 Å². The Balaban J connectivity index is 1.99. The van der Waals surface area contributed by atoms with Crippen molar-refractivity contribution in [1.82, 2.24) is 10.6 Å². The van der Waals surface area contributed by atoms with E-state index >= 15 is 0 Å². The van der Waals surface area contributed by atoms with Gasteiger partial charge >= 0.3 is 0 Å². The number of aliphatic imine (C=N–C) groups is 1. The van der Waals surface area contributed by atoms with E-state index in [1.165, 1.54) is 5.56 Å². The smallest absolute Gasteiger partial charge is 0.191 e. The van der Waals surface area contributed by atoms with Crippen molar-refractivity contribution in [2.24, 2.45) is 4.99 Å². The average Bonchev–Trinajstić information content (AvgIpc) is 3.24. The lowest BCUT2D eigenvalue weighted by atomic mass is 10.1. The average molecular weight is 392 g/mol. The molecule has 148 valence electrons. The standard InChI is InChI=1S/C20H29N3O3S/c1-5-21-20(22-11-14(2)15-6-7-27-13-15)23-12-19(24)16-8-17(25-3)10-18(9-16)26-4/h6-10,13-14,19,24H,5,11-12H2,1-4H3,(H2,21,22,23). The Morgan fingerprint density at radius 1 is 1.15 bits per heavy atom. The molecule has 3 N–H and O–H groups in total. The minimum Gasteiger partial charge on any atom is -0.497 e. The molecule has 2 unspecified atom stereocenters. The predicted molar refractivity (Wildman–Crippen MR) is 111 cm³/mol. The van der Waals surface area contributed by atoms with Crippen LogP contribution < -0.4 is 20.1 Å². The third kappa shape index (κ3) is 6.45. The van der Waals surface area contributed by atoms with Gasteiger partial charge in [-0.15, -0.1) is 0 Å². The van der Waals surface area contributed by atoms with Gasteiger partial charge in [-0.1, -0.05) is 6.92 Å². The fourth-order valence-electron chi connectivity index (χ4n) is 2.56. The van der Waals surface area contributed by atoms with E-state index in [0.717, 1.165) is 12.1 Å². The Hall–Kier alpha value is -2.25. The van der Waals surface area contributed by atoms with Gasteiger partial charge in [-0.05, 0) is 47.0 Å². The first-order valence-electron chi connectivity index (χ1n) is 9.02. The van der Waals surface area contributed by atoms with Gasteiger partial charge in [-0.2, -0.15) is 11.3 Å². The lowest BCUT2D eigenvalue weighted by Crippen LogP contribution is -2.39. The Bertz CT molecular complexity index is 697. The molecule has 7 heteroatoms. The summed E-state index contributed by atoms with van der Waals surface area (Å²) in [6.07, 6.45) is -0.716. The van der Waals surface area contributed by atoms with Crippen LogP contribution in [0.2, 0.25) is 0 Å². The van der Waals surface area contributed by atoms with Crippen molar-refractivity contribution >= 4 is 17.3 Å². The number of nitrogens with zero attached hydrogens (tertiary/aromatic N) is 1. The Morgan fingerprint density at radius 3 is 2.41 bits per heavy atom. The third-order valence-corrected chi connectivity index (χ3v) is 4.90. The van der Waals surface area contributed by atoms with Gasteiger partial charge in [-0.3, -0.25) is 4.99 Å². The molecule has 0 radical (unpaired) electrons. The van der Waals surface area contributed by atoms with Gasteiger partial charge in [-0.25, -0.2) is 0 Å². The number of ether oxygens (including phenoxy) is 2. The van der Waals surface area contributed by atoms with Crippen LogP contribution in [0.4, 0.5) is 0 Å². The van der Waals surface area contributed by atoms with Crippen molar-refractivity contribution in [1.29, 1.82) is 0 Å². The summed E-state index contributed by atoms with van der Waals surface area (Å²) in [5, 5.41) is 21.2. The van der Waals surface area contributed by atoms with Crippen LogP contribution in [0.1, 0.15) is 37.0 Å². The Morgan fingerprint density at radius 2 is 1.85 bits per heavy atom. The maximum absolute atomic E-state index is 10.6. The van der Waals surface area contributed by atoms with Gasteiger partial charge in [0.05, 0.1) is 20.3 Å². The highest BCUT2D eigenvalue weighted by molar-refractivity contribution is 7.07. The topological polar surface area (TPSA) is 75.1 Å². The molecule has 1 aromatic carbocycles. The molecule has 0 amide bonds. The van der Waals surface area contributed by atoms with Crippen LogP contribution in [-0.4, -0.2) is 44.9 Å². The molecule has 0 fully saturated rings. The van der Waals surface area contributed by atoms with Gasteiger partial charge in [0.1, 0.15) is 11.5 Å². The van der Waals surface area contributed by atoms with Gasteiger partial charge in [0, 0.05) is 31.6 Å². The van der Waals surface area contributed by atoms with Crippen LogP contribution in [0.5, 0.6) is 11.5 Å². The quantitative estimate of drug-likeness (QED) is 0.452. The van der Waals surface area contributed by atoms with Crippen molar-refractivity contribution in [3.05, 3.63) is 46.2 Å². The number of hydrogen-bond donors (Lipinski definition) is 3. The zero-order valence-electron chi connectivity index (χ0n) is 16.4. The van der Waals surface area contributed by atoms with E-state index < -0.39 is 6.10 Å². The summed E-state index contributed by atoms with van der Waals surface area (Å²) in [5.41, 5.74) is 2.02. The molecule has 2 rings (SSSR count). The molecule has 0 saturated heterocycles. The molecule has 0 aliphatic rings. The zero-order chi connectivity index (χ0) is 19.6. The highest BCUT2D eigenvalue weighted by Gasteiger charge is 2.12. The minimum atomic E-state index is -0.716. The van der Waals surface area contributed by atoms with E-state index in [0.29, 0.717) is 36.5 Å². The Labute approximate surface area is 165 Å². The van der Waals surface area contributed by atoms with Crippen molar-refractivity contribution in [2.75, 3.05) is 33.9 Å². The molecule has 0 bridgehead atoms. The zero-order valence-corrected chi connectivity index (χ0v) is 17.2. The summed E-state index contributed by atoms with van der Waals surface area (Å²) >= 11 is 1.70. The highest BCUT2D eigenvalue weighted by atomic mass is 32.1. The second-order valence-electron chi connectivity index (χ2n) is 6.22. The second kappa shape index (κ2) is 10.8. The maximum atomic E-state index is 10.6. The summed E-state index contributed by atoms with van der Waals surface area (Å²) in [6, 6.07) is 7.52. The lowest BCUT2D eigenvalue weighted by molar-refractivity contribution is 0.180. The molecule has 2 atom stereocenters. The van der Waals surface area contributed by atoms with Gasteiger partial charge in [0.15, 0.2) is 5.96 Å². The molecule has 6 nitrogen and oxygen atoms in total. The summed E-state index contributed by atoms with van der Waals surface area (Å²) in [4.78, 5) is 4.64. The number of aliphatic hydroxyl groups is 1. The molecular formula is C20H29N3O3S. The first-order valence-corrected chi connectivity index (χ1v) is 9.97. The largest absolute Gasteiger partial charge is 0.497 e. The van der Waals surface area contributed by atoms with E-state index in [4.69, 9.17) is 9.47 Å². The van der Waals surface area contributed by atoms with Crippen molar-refractivity contribution in [3.63, 3.8) is 0 Å². The number of nitrogens with one attached hydrogen (secondary N) is 2. The van der Waals surface area contributed by atoms with E-state index in [-0.39, 0.29) is 0 Å². The first kappa shape index (κ1) is 21.1. The molecule has 2 aromatic rings. The normalized spacial score (nSPS) is 13.7. The van der Waals surface area contributed by atoms with Gasteiger partial charge in [0.25, 0.3) is 0 Å². The van der Waals surface area contributed by atoms with Crippen molar-refractivity contribution < 1.29 is 14.6 Å². The number of guanidine groups is 1. The number of rotatable bonds is 9. The molecule has 1 aromatic heterocycles. The number of hydrogen-bond acceptors (Lipinski definition) is 5. The summed E-state index contributed by atoms with van der Waals surface area (Å²) in [6.45, 7) is 5.93. The van der Waals surface area contributed by atoms with E-state index in [2.05, 4.69) is 39.4 Å². The predicted octanol–water partition coefficient (Wildman–Crippen LogP) is 3.16. The summed E-state index contributed by atoms with van der Waals surface area (Å²) in [7, 11) is 3.18. The third-order valence-electron chi connectivity index (χ3n) is 4.20. The SMILES string of the molecule is CCNC(=NCC(C)c1ccsc1)NCC(O)c1cc(OC)cc(OC)c1. The van der Waals surface area contributed by atoms with Crippen LogP contribution in [0, 0.1) is 0 Å². The van der Waals surface area contributed by atoms with Crippen molar-refractivity contribution in [3.8, 4) is 11.5 Å². The van der Waals surface area contributed by atoms with Gasteiger partial charge < -0.3 is 25.2 Å². The lowest BCUT2D eigenvalue weighted by Gasteiger charge is -2.17. The van der Waals surface area contributed by atoms with Gasteiger partial charge in [0.2, 0.25) is 0 Å². The molecule has 1 heterocycles. The number of thiophene rings is 1. The van der Waals surface area contributed by atoms with Crippen LogP contribution in [0.3, 0.4) is 0 Å². The molecule has 27 heavy (non-hydrogen) atoms. The molecular weight excluding hydrogens is 362 g/mol. The van der Waals surface area contributed by atoms with Crippen LogP contribution in [-0.2, 0) is 0 Å². The molecule has 0 saturated carbocycles. The fourth-order valence-corrected chi connectivity index (χ4v) is 3.35. The van der Waals surface area contributed by atoms with E-state index in [1.54, 1.807) is 43.8 Å². The summed E-state index contributed by atoms with van der Waals surface area (Å²) in [5.74, 6) is 2.33. The second-order valence-corrected chi connectivity index (χ2v) is 7.00. The molecule has 0 aliphatic carbocycles. The maximum Gasteiger partial charge on any atom is 0.191 e. The highest BCUT2D eigenvalue weighted by Crippen LogP contribution is 2.26. The van der Waals surface area contributed by atoms with E-state index in [1.807, 2.05) is 6.92 Å². The molecule has 0 aliphatic heterocycles. The number of methoxy groups -OCH3 is 2. The van der Waals surface area contributed by atoms with Crippen LogP contribution >= 0.6 is 11.3 Å². The van der Waals surface area contributed by atoms with Crippen molar-refractivity contribution in [2.45, 2.75) is 25.9 Å². The monoisotopic (exact) mass is 391 g/mol.